The smallest absolute Gasteiger partial charge is 0.294 e. The first kappa shape index (κ1) is 21.6. The molecule has 7 nitrogen and oxygen atoms in total. The summed E-state index contributed by atoms with van der Waals surface area (Å²) in [4.78, 5) is 25.9. The van der Waals surface area contributed by atoms with Crippen molar-refractivity contribution in [2.75, 3.05) is 4.90 Å². The van der Waals surface area contributed by atoms with Crippen LogP contribution in [-0.4, -0.2) is 10.7 Å². The number of anilines is 1. The molecule has 0 spiro atoms. The molecule has 2 aliphatic rings. The lowest BCUT2D eigenvalue weighted by Gasteiger charge is -2.39. The van der Waals surface area contributed by atoms with Gasteiger partial charge in [-0.2, -0.15) is 5.26 Å². The Morgan fingerprint density at radius 2 is 1.97 bits per heavy atom. The molecule has 0 saturated heterocycles. The van der Waals surface area contributed by atoms with Crippen molar-refractivity contribution in [3.8, 4) is 6.07 Å². The Kier molecular flexibility index (Phi) is 5.49. The predicted molar refractivity (Wildman–Crippen MR) is 122 cm³/mol. The van der Waals surface area contributed by atoms with Crippen molar-refractivity contribution in [1.82, 2.24) is 0 Å². The lowest BCUT2D eigenvalue weighted by Crippen LogP contribution is -2.39. The molecule has 0 bridgehead atoms. The van der Waals surface area contributed by atoms with Gasteiger partial charge in [-0.05, 0) is 49.9 Å². The first-order valence-corrected chi connectivity index (χ1v) is 10.6. The highest BCUT2D eigenvalue weighted by molar-refractivity contribution is 6.31. The largest absolute Gasteiger partial charge is 0.384 e. The summed E-state index contributed by atoms with van der Waals surface area (Å²) < 4.78 is 0. The van der Waals surface area contributed by atoms with Gasteiger partial charge in [-0.15, -0.1) is 0 Å². The van der Waals surface area contributed by atoms with Crippen molar-refractivity contribution in [1.29, 1.82) is 5.26 Å². The number of allylic oxidation sites excluding steroid dienone is 3. The summed E-state index contributed by atoms with van der Waals surface area (Å²) in [6.45, 7) is 3.92. The molecule has 0 fully saturated rings. The molecule has 1 heterocycles. The molecule has 4 rings (SSSR count). The number of nitro benzene ring substituents is 1. The van der Waals surface area contributed by atoms with Crippen molar-refractivity contribution in [2.24, 2.45) is 5.73 Å². The molecule has 32 heavy (non-hydrogen) atoms. The van der Waals surface area contributed by atoms with Crippen LogP contribution in [0.15, 0.2) is 59.1 Å². The summed E-state index contributed by atoms with van der Waals surface area (Å²) in [6, 6.07) is 12.3. The number of hydrogen-bond donors (Lipinski definition) is 1. The standard InChI is InChI=1S/C24H21ClN4O3/c1-13-6-8-16(14(2)10-13)22-17(12-26)24(27)28(19-4-3-5-21(30)23(19)22)18-9-7-15(25)11-20(18)29(31)32/h6-11,22H,3-5,27H2,1-2H3/t22-/m0/s1. The van der Waals surface area contributed by atoms with Gasteiger partial charge in [-0.25, -0.2) is 0 Å². The molecule has 0 unspecified atom stereocenters. The number of nitrogens with zero attached hydrogens (tertiary/aromatic N) is 3. The zero-order chi connectivity index (χ0) is 23.2. The number of halogens is 1. The molecule has 1 aliphatic heterocycles. The number of aryl methyl sites for hydroxylation is 2. The lowest BCUT2D eigenvalue weighted by atomic mass is 9.74. The van der Waals surface area contributed by atoms with Gasteiger partial charge in [0.15, 0.2) is 5.78 Å². The second-order valence-electron chi connectivity index (χ2n) is 8.07. The van der Waals surface area contributed by atoms with E-state index in [4.69, 9.17) is 17.3 Å². The van der Waals surface area contributed by atoms with Gasteiger partial charge < -0.3 is 5.73 Å². The number of ketones is 1. The highest BCUT2D eigenvalue weighted by atomic mass is 35.5. The van der Waals surface area contributed by atoms with Crippen molar-refractivity contribution in [3.63, 3.8) is 0 Å². The minimum Gasteiger partial charge on any atom is -0.384 e. The second kappa shape index (κ2) is 8.13. The molecule has 1 atom stereocenters. The number of carbonyl (C=O) groups is 1. The Morgan fingerprint density at radius 3 is 2.62 bits per heavy atom. The average molecular weight is 449 g/mol. The van der Waals surface area contributed by atoms with Crippen LogP contribution in [0.2, 0.25) is 5.02 Å². The first-order valence-electron chi connectivity index (χ1n) is 10.2. The summed E-state index contributed by atoms with van der Waals surface area (Å²) in [5, 5.41) is 22.1. The number of carbonyl (C=O) groups excluding carboxylic acids is 1. The fourth-order valence-corrected chi connectivity index (χ4v) is 4.82. The average Bonchev–Trinajstić information content (AvgIpc) is 2.74. The van der Waals surface area contributed by atoms with Crippen molar-refractivity contribution < 1.29 is 9.72 Å². The van der Waals surface area contributed by atoms with Crippen LogP contribution < -0.4 is 10.6 Å². The number of nitriles is 1. The minimum absolute atomic E-state index is 0.0712. The van der Waals surface area contributed by atoms with E-state index in [-0.39, 0.29) is 33.6 Å². The van der Waals surface area contributed by atoms with Gasteiger partial charge in [-0.3, -0.25) is 19.8 Å². The maximum Gasteiger partial charge on any atom is 0.294 e. The number of benzene rings is 2. The van der Waals surface area contributed by atoms with Crippen LogP contribution in [-0.2, 0) is 4.79 Å². The highest BCUT2D eigenvalue weighted by Gasteiger charge is 2.42. The van der Waals surface area contributed by atoms with Gasteiger partial charge in [0.1, 0.15) is 11.5 Å². The van der Waals surface area contributed by atoms with Crippen LogP contribution in [0.3, 0.4) is 0 Å². The van der Waals surface area contributed by atoms with E-state index in [0.29, 0.717) is 30.5 Å². The van der Waals surface area contributed by atoms with E-state index in [1.165, 1.54) is 23.1 Å². The SMILES string of the molecule is Cc1ccc([C@H]2C(C#N)=C(N)N(c3ccc(Cl)cc3[N+](=O)[O-])C3=C2C(=O)CCC3)c(C)c1. The Morgan fingerprint density at radius 1 is 1.22 bits per heavy atom. The maximum absolute atomic E-state index is 13.2. The fourth-order valence-electron chi connectivity index (χ4n) is 4.65. The van der Waals surface area contributed by atoms with E-state index < -0.39 is 10.8 Å². The molecule has 162 valence electrons. The van der Waals surface area contributed by atoms with Crippen LogP contribution >= 0.6 is 11.6 Å². The number of hydrogen-bond acceptors (Lipinski definition) is 6. The summed E-state index contributed by atoms with van der Waals surface area (Å²) in [5.74, 6) is -0.583. The molecular weight excluding hydrogens is 428 g/mol. The normalized spacial score (nSPS) is 18.5. The summed E-state index contributed by atoms with van der Waals surface area (Å²) in [7, 11) is 0. The molecule has 0 radical (unpaired) electrons. The number of rotatable bonds is 3. The zero-order valence-electron chi connectivity index (χ0n) is 17.7. The van der Waals surface area contributed by atoms with Crippen molar-refractivity contribution >= 4 is 28.8 Å². The molecule has 8 heteroatoms. The van der Waals surface area contributed by atoms with Crippen LogP contribution in [0.4, 0.5) is 11.4 Å². The van der Waals surface area contributed by atoms with Crippen LogP contribution in [0.25, 0.3) is 0 Å². The second-order valence-corrected chi connectivity index (χ2v) is 8.50. The molecule has 2 aromatic rings. The predicted octanol–water partition coefficient (Wildman–Crippen LogP) is 5.17. The summed E-state index contributed by atoms with van der Waals surface area (Å²) in [6.07, 6.45) is 1.47. The van der Waals surface area contributed by atoms with Gasteiger partial charge in [0.2, 0.25) is 0 Å². The van der Waals surface area contributed by atoms with E-state index in [1.807, 2.05) is 32.0 Å². The van der Waals surface area contributed by atoms with E-state index in [2.05, 4.69) is 6.07 Å². The molecule has 1 aliphatic carbocycles. The van der Waals surface area contributed by atoms with E-state index in [0.717, 1.165) is 16.7 Å². The van der Waals surface area contributed by atoms with Gasteiger partial charge in [0.05, 0.1) is 22.5 Å². The molecule has 0 aromatic heterocycles. The fraction of sp³-hybridized carbons (Fsp3) is 0.250. The lowest BCUT2D eigenvalue weighted by molar-refractivity contribution is -0.384. The first-order chi connectivity index (χ1) is 15.2. The topological polar surface area (TPSA) is 113 Å². The van der Waals surface area contributed by atoms with E-state index in [1.54, 1.807) is 0 Å². The molecule has 0 saturated carbocycles. The third-order valence-electron chi connectivity index (χ3n) is 6.02. The Labute approximate surface area is 190 Å². The highest BCUT2D eigenvalue weighted by Crippen LogP contribution is 2.48. The third-order valence-corrected chi connectivity index (χ3v) is 6.26. The van der Waals surface area contributed by atoms with E-state index >= 15 is 0 Å². The Balaban J connectivity index is 2.03. The van der Waals surface area contributed by atoms with E-state index in [9.17, 15) is 20.2 Å². The van der Waals surface area contributed by atoms with Gasteiger partial charge in [0.25, 0.3) is 5.69 Å². The molecular formula is C24H21ClN4O3. The Bertz CT molecular complexity index is 1270. The van der Waals surface area contributed by atoms with Crippen LogP contribution in [0.1, 0.15) is 41.9 Å². The monoisotopic (exact) mass is 448 g/mol. The van der Waals surface area contributed by atoms with Crippen molar-refractivity contribution in [3.05, 3.63) is 90.9 Å². The third kappa shape index (κ3) is 3.43. The number of nitro groups is 1. The van der Waals surface area contributed by atoms with Gasteiger partial charge in [0, 0.05) is 28.8 Å². The maximum atomic E-state index is 13.2. The van der Waals surface area contributed by atoms with Crippen LogP contribution in [0.5, 0.6) is 0 Å². The minimum atomic E-state index is -0.606. The summed E-state index contributed by atoms with van der Waals surface area (Å²) in [5.41, 5.74) is 10.6. The van der Waals surface area contributed by atoms with Crippen molar-refractivity contribution in [2.45, 2.75) is 39.0 Å². The van der Waals surface area contributed by atoms with Crippen LogP contribution in [0, 0.1) is 35.3 Å². The molecule has 0 amide bonds. The summed E-state index contributed by atoms with van der Waals surface area (Å²) >= 11 is 6.00. The number of nitrogens with two attached hydrogens (primary N) is 1. The molecule has 2 N–H and O–H groups in total. The number of Topliss-reactive ketones (excluding diaryl/α,β-unsaturated/α-hetero) is 1. The molecule has 2 aromatic carbocycles. The Hall–Kier alpha value is -3.63. The van der Waals surface area contributed by atoms with Gasteiger partial charge >= 0.3 is 0 Å². The quantitative estimate of drug-likeness (QED) is 0.511. The van der Waals surface area contributed by atoms with Gasteiger partial charge in [-0.1, -0.05) is 35.4 Å². The zero-order valence-corrected chi connectivity index (χ0v) is 18.4.